The molecule has 0 amide bonds. The SMILES string of the molecule is Cc1cccc2nc(CSCc3cccc4ccccc34)cc(=O)n12. The molecule has 4 rings (SSSR count). The lowest BCUT2D eigenvalue weighted by Crippen LogP contribution is -2.17. The van der Waals surface area contributed by atoms with E-state index in [0.29, 0.717) is 5.65 Å². The third-order valence-corrected chi connectivity index (χ3v) is 5.34. The maximum absolute atomic E-state index is 12.3. The lowest BCUT2D eigenvalue weighted by atomic mass is 10.1. The van der Waals surface area contributed by atoms with Gasteiger partial charge in [0.1, 0.15) is 5.65 Å². The lowest BCUT2D eigenvalue weighted by Gasteiger charge is -2.08. The maximum atomic E-state index is 12.3. The molecule has 0 spiro atoms. The lowest BCUT2D eigenvalue weighted by molar-refractivity contribution is 0.968. The number of rotatable bonds is 4. The molecule has 4 aromatic rings. The summed E-state index contributed by atoms with van der Waals surface area (Å²) in [5, 5.41) is 2.55. The third kappa shape index (κ3) is 3.17. The Balaban J connectivity index is 1.56. The summed E-state index contributed by atoms with van der Waals surface area (Å²) in [4.78, 5) is 17.0. The van der Waals surface area contributed by atoms with Crippen LogP contribution in [0, 0.1) is 6.92 Å². The van der Waals surface area contributed by atoms with Gasteiger partial charge in [-0.3, -0.25) is 9.20 Å². The average molecular weight is 346 g/mol. The van der Waals surface area contributed by atoms with Crippen molar-refractivity contribution in [1.82, 2.24) is 9.38 Å². The molecule has 25 heavy (non-hydrogen) atoms. The van der Waals surface area contributed by atoms with Crippen LogP contribution in [-0.4, -0.2) is 9.38 Å². The number of benzene rings is 2. The van der Waals surface area contributed by atoms with Crippen LogP contribution in [0.15, 0.2) is 71.5 Å². The Morgan fingerprint density at radius 3 is 2.68 bits per heavy atom. The quantitative estimate of drug-likeness (QED) is 0.542. The highest BCUT2D eigenvalue weighted by atomic mass is 32.2. The standard InChI is InChI=1S/C21H18N2OS/c1-15-6-4-11-20-22-18(12-21(24)23(15)20)14-25-13-17-9-5-8-16-7-2-3-10-19(16)17/h2-12H,13-14H2,1H3. The molecular formula is C21H18N2OS. The molecule has 0 aliphatic heterocycles. The monoisotopic (exact) mass is 346 g/mol. The van der Waals surface area contributed by atoms with Crippen molar-refractivity contribution in [3.8, 4) is 0 Å². The molecule has 2 aromatic carbocycles. The van der Waals surface area contributed by atoms with Crippen LogP contribution in [0.5, 0.6) is 0 Å². The van der Waals surface area contributed by atoms with E-state index in [9.17, 15) is 4.79 Å². The molecule has 0 saturated heterocycles. The smallest absolute Gasteiger partial charge is 0.258 e. The van der Waals surface area contributed by atoms with Gasteiger partial charge in [0, 0.05) is 23.3 Å². The van der Waals surface area contributed by atoms with Gasteiger partial charge in [0.05, 0.1) is 5.69 Å². The van der Waals surface area contributed by atoms with Gasteiger partial charge in [0.15, 0.2) is 0 Å². The Bertz CT molecular complexity index is 1110. The number of hydrogen-bond acceptors (Lipinski definition) is 3. The van der Waals surface area contributed by atoms with Gasteiger partial charge in [-0.25, -0.2) is 4.98 Å². The second-order valence-corrected chi connectivity index (χ2v) is 7.06. The number of aromatic nitrogens is 2. The molecule has 0 bridgehead atoms. The summed E-state index contributed by atoms with van der Waals surface area (Å²) in [5.41, 5.74) is 3.76. The summed E-state index contributed by atoms with van der Waals surface area (Å²) in [6.07, 6.45) is 0. The molecule has 2 heterocycles. The van der Waals surface area contributed by atoms with E-state index in [1.54, 1.807) is 22.2 Å². The minimum Gasteiger partial charge on any atom is -0.269 e. The van der Waals surface area contributed by atoms with Gasteiger partial charge >= 0.3 is 0 Å². The van der Waals surface area contributed by atoms with Crippen molar-refractivity contribution in [3.63, 3.8) is 0 Å². The molecule has 0 N–H and O–H groups in total. The van der Waals surface area contributed by atoms with Crippen molar-refractivity contribution in [3.05, 3.63) is 94.0 Å². The first-order valence-corrected chi connectivity index (χ1v) is 9.40. The van der Waals surface area contributed by atoms with Gasteiger partial charge in [-0.15, -0.1) is 0 Å². The number of hydrogen-bond donors (Lipinski definition) is 0. The molecule has 0 fully saturated rings. The Hall–Kier alpha value is -2.59. The topological polar surface area (TPSA) is 34.4 Å². The number of nitrogens with zero attached hydrogens (tertiary/aromatic N) is 2. The van der Waals surface area contributed by atoms with E-state index in [-0.39, 0.29) is 5.56 Å². The normalized spacial score (nSPS) is 11.2. The molecule has 0 aliphatic rings. The number of fused-ring (bicyclic) bond motifs is 2. The van der Waals surface area contributed by atoms with Crippen LogP contribution in [-0.2, 0) is 11.5 Å². The molecule has 2 aromatic heterocycles. The highest BCUT2D eigenvalue weighted by molar-refractivity contribution is 7.97. The van der Waals surface area contributed by atoms with Gasteiger partial charge in [-0.1, -0.05) is 48.5 Å². The van der Waals surface area contributed by atoms with Crippen molar-refractivity contribution in [2.75, 3.05) is 0 Å². The van der Waals surface area contributed by atoms with Crippen LogP contribution in [0.1, 0.15) is 17.0 Å². The highest BCUT2D eigenvalue weighted by Gasteiger charge is 2.05. The summed E-state index contributed by atoms with van der Waals surface area (Å²) in [5.74, 6) is 1.62. The average Bonchev–Trinajstić information content (AvgIpc) is 2.62. The van der Waals surface area contributed by atoms with Crippen molar-refractivity contribution in [2.45, 2.75) is 18.4 Å². The summed E-state index contributed by atoms with van der Waals surface area (Å²) in [7, 11) is 0. The van der Waals surface area contributed by atoms with Crippen molar-refractivity contribution < 1.29 is 0 Å². The van der Waals surface area contributed by atoms with E-state index in [1.807, 2.05) is 25.1 Å². The molecule has 4 heteroatoms. The molecular weight excluding hydrogens is 328 g/mol. The summed E-state index contributed by atoms with van der Waals surface area (Å²) >= 11 is 1.79. The van der Waals surface area contributed by atoms with Crippen molar-refractivity contribution in [1.29, 1.82) is 0 Å². The first kappa shape index (κ1) is 15.9. The molecule has 124 valence electrons. The second-order valence-electron chi connectivity index (χ2n) is 6.08. The molecule has 0 saturated carbocycles. The first-order chi connectivity index (χ1) is 12.2. The van der Waals surface area contributed by atoms with Gasteiger partial charge in [0.25, 0.3) is 5.56 Å². The minimum atomic E-state index is -0.0103. The van der Waals surface area contributed by atoms with Crippen molar-refractivity contribution in [2.24, 2.45) is 0 Å². The number of aryl methyl sites for hydroxylation is 1. The van der Waals surface area contributed by atoms with E-state index in [4.69, 9.17) is 0 Å². The van der Waals surface area contributed by atoms with Gasteiger partial charge in [-0.05, 0) is 35.4 Å². The van der Waals surface area contributed by atoms with Gasteiger partial charge in [-0.2, -0.15) is 11.8 Å². The fraction of sp³-hybridized carbons (Fsp3) is 0.143. The van der Waals surface area contributed by atoms with Crippen molar-refractivity contribution >= 4 is 28.2 Å². The number of thioether (sulfide) groups is 1. The van der Waals surface area contributed by atoms with E-state index in [0.717, 1.165) is 22.9 Å². The second kappa shape index (κ2) is 6.73. The molecule has 0 atom stereocenters. The van der Waals surface area contributed by atoms with E-state index in [2.05, 4.69) is 47.4 Å². The van der Waals surface area contributed by atoms with Crippen LogP contribution in [0.4, 0.5) is 0 Å². The molecule has 0 unspecified atom stereocenters. The largest absolute Gasteiger partial charge is 0.269 e. The summed E-state index contributed by atoms with van der Waals surface area (Å²) in [6, 6.07) is 22.2. The summed E-state index contributed by atoms with van der Waals surface area (Å²) in [6.45, 7) is 1.92. The van der Waals surface area contributed by atoms with E-state index in [1.165, 1.54) is 16.3 Å². The Labute approximate surface area is 150 Å². The maximum Gasteiger partial charge on any atom is 0.258 e. The zero-order valence-corrected chi connectivity index (χ0v) is 14.8. The van der Waals surface area contributed by atoms with Gasteiger partial charge in [0.2, 0.25) is 0 Å². The Morgan fingerprint density at radius 1 is 0.960 bits per heavy atom. The predicted molar refractivity (Wildman–Crippen MR) is 105 cm³/mol. The Morgan fingerprint density at radius 2 is 1.76 bits per heavy atom. The Kier molecular flexibility index (Phi) is 4.28. The number of pyridine rings is 1. The predicted octanol–water partition coefficient (Wildman–Crippen LogP) is 4.59. The first-order valence-electron chi connectivity index (χ1n) is 8.25. The van der Waals surface area contributed by atoms with Crippen LogP contribution < -0.4 is 5.56 Å². The summed E-state index contributed by atoms with van der Waals surface area (Å²) < 4.78 is 1.65. The minimum absolute atomic E-state index is 0.0103. The third-order valence-electron chi connectivity index (χ3n) is 4.32. The molecule has 3 nitrogen and oxygen atoms in total. The zero-order valence-electron chi connectivity index (χ0n) is 14.0. The van der Waals surface area contributed by atoms with Crippen LogP contribution in [0.3, 0.4) is 0 Å². The van der Waals surface area contributed by atoms with Crippen LogP contribution in [0.2, 0.25) is 0 Å². The molecule has 0 aliphatic carbocycles. The zero-order chi connectivity index (χ0) is 17.2. The highest BCUT2D eigenvalue weighted by Crippen LogP contribution is 2.24. The molecule has 0 radical (unpaired) electrons. The van der Waals surface area contributed by atoms with E-state index >= 15 is 0 Å². The van der Waals surface area contributed by atoms with E-state index < -0.39 is 0 Å². The van der Waals surface area contributed by atoms with Crippen LogP contribution in [0.25, 0.3) is 16.4 Å². The fourth-order valence-corrected chi connectivity index (χ4v) is 4.05. The fourth-order valence-electron chi connectivity index (χ4n) is 3.12. The van der Waals surface area contributed by atoms with Gasteiger partial charge < -0.3 is 0 Å². The van der Waals surface area contributed by atoms with Crippen LogP contribution >= 0.6 is 11.8 Å².